The van der Waals surface area contributed by atoms with E-state index in [9.17, 15) is 13.2 Å². The van der Waals surface area contributed by atoms with E-state index >= 15 is 0 Å². The molecule has 8 heteroatoms. The summed E-state index contributed by atoms with van der Waals surface area (Å²) in [5.41, 5.74) is 1.40. The molecule has 1 aliphatic rings. The Hall–Kier alpha value is -2.09. The summed E-state index contributed by atoms with van der Waals surface area (Å²) in [7, 11) is -3.33. The van der Waals surface area contributed by atoms with Crippen LogP contribution in [0.4, 0.5) is 10.5 Å². The lowest BCUT2D eigenvalue weighted by Crippen LogP contribution is -2.44. The molecule has 0 radical (unpaired) electrons. The van der Waals surface area contributed by atoms with E-state index in [-0.39, 0.29) is 22.8 Å². The number of amides is 2. The van der Waals surface area contributed by atoms with Gasteiger partial charge in [-0.3, -0.25) is 0 Å². The van der Waals surface area contributed by atoms with E-state index in [1.807, 2.05) is 12.1 Å². The van der Waals surface area contributed by atoms with E-state index in [1.54, 1.807) is 36.1 Å². The van der Waals surface area contributed by atoms with Crippen molar-refractivity contribution in [3.63, 3.8) is 0 Å². The van der Waals surface area contributed by atoms with Crippen LogP contribution in [0.1, 0.15) is 18.6 Å². The number of rotatable bonds is 4. The summed E-state index contributed by atoms with van der Waals surface area (Å²) < 4.78 is 29.8. The van der Waals surface area contributed by atoms with Crippen LogP contribution < -0.4 is 5.32 Å². The molecular weight excluding hydrogens is 388 g/mol. The maximum absolute atomic E-state index is 12.6. The highest BCUT2D eigenvalue weighted by atomic mass is 35.5. The monoisotopic (exact) mass is 408 g/mol. The zero-order valence-corrected chi connectivity index (χ0v) is 16.5. The number of hydrogen-bond donors (Lipinski definition) is 1. The summed E-state index contributed by atoms with van der Waals surface area (Å²) in [6.07, 6.45) is -0.228. The Morgan fingerprint density at radius 2 is 2.00 bits per heavy atom. The van der Waals surface area contributed by atoms with Gasteiger partial charge in [0.2, 0.25) is 0 Å². The number of carbonyl (C=O) groups is 1. The molecule has 2 amide bonds. The van der Waals surface area contributed by atoms with Gasteiger partial charge in [0.1, 0.15) is 6.10 Å². The van der Waals surface area contributed by atoms with Crippen LogP contribution in [0.15, 0.2) is 53.4 Å². The second kappa shape index (κ2) is 8.29. The van der Waals surface area contributed by atoms with Crippen molar-refractivity contribution in [2.24, 2.45) is 0 Å². The van der Waals surface area contributed by atoms with Gasteiger partial charge in [-0.15, -0.1) is 0 Å². The molecule has 1 atom stereocenters. The number of sulfone groups is 1. The van der Waals surface area contributed by atoms with Crippen molar-refractivity contribution >= 4 is 33.2 Å². The first kappa shape index (κ1) is 19.7. The molecule has 0 saturated carbocycles. The molecule has 1 heterocycles. The number of halogens is 1. The van der Waals surface area contributed by atoms with Crippen molar-refractivity contribution in [1.29, 1.82) is 0 Å². The molecule has 27 heavy (non-hydrogen) atoms. The zero-order chi connectivity index (χ0) is 19.4. The van der Waals surface area contributed by atoms with Gasteiger partial charge in [-0.2, -0.15) is 0 Å². The highest BCUT2D eigenvalue weighted by Crippen LogP contribution is 2.24. The Kier molecular flexibility index (Phi) is 6.04. The Bertz CT molecular complexity index is 916. The molecule has 2 aromatic rings. The minimum absolute atomic E-state index is 0.0106. The largest absolute Gasteiger partial charge is 0.370 e. The highest BCUT2D eigenvalue weighted by Gasteiger charge is 2.25. The van der Waals surface area contributed by atoms with Gasteiger partial charge in [0.25, 0.3) is 0 Å². The van der Waals surface area contributed by atoms with Gasteiger partial charge >= 0.3 is 6.03 Å². The number of urea groups is 1. The summed E-state index contributed by atoms with van der Waals surface area (Å²) in [5, 5.41) is 3.42. The van der Waals surface area contributed by atoms with Crippen LogP contribution in [0, 0.1) is 0 Å². The van der Waals surface area contributed by atoms with Crippen LogP contribution in [0.3, 0.4) is 0 Å². The normalized spacial score (nSPS) is 17.6. The van der Waals surface area contributed by atoms with E-state index in [2.05, 4.69) is 5.32 Å². The van der Waals surface area contributed by atoms with Crippen LogP contribution in [0.2, 0.25) is 5.02 Å². The van der Waals surface area contributed by atoms with E-state index in [4.69, 9.17) is 16.3 Å². The van der Waals surface area contributed by atoms with E-state index in [0.29, 0.717) is 30.4 Å². The smallest absolute Gasteiger partial charge is 0.322 e. The van der Waals surface area contributed by atoms with E-state index in [1.165, 1.54) is 12.1 Å². The molecule has 144 valence electrons. The van der Waals surface area contributed by atoms with Crippen LogP contribution in [0.5, 0.6) is 0 Å². The van der Waals surface area contributed by atoms with Gasteiger partial charge in [0.05, 0.1) is 23.8 Å². The number of carbonyl (C=O) groups excluding carboxylic acids is 1. The van der Waals surface area contributed by atoms with Gasteiger partial charge in [0.15, 0.2) is 9.84 Å². The molecule has 1 fully saturated rings. The molecule has 6 nitrogen and oxygen atoms in total. The van der Waals surface area contributed by atoms with Gasteiger partial charge in [-0.25, -0.2) is 13.2 Å². The molecule has 1 N–H and O–H groups in total. The topological polar surface area (TPSA) is 75.7 Å². The number of nitrogens with zero attached hydrogens (tertiary/aromatic N) is 1. The van der Waals surface area contributed by atoms with Crippen molar-refractivity contribution in [3.8, 4) is 0 Å². The maximum Gasteiger partial charge on any atom is 0.322 e. The lowest BCUT2D eigenvalue weighted by Gasteiger charge is -2.33. The Balaban J connectivity index is 1.69. The van der Waals surface area contributed by atoms with Crippen LogP contribution in [-0.2, 0) is 14.6 Å². The fourth-order valence-corrected chi connectivity index (χ4v) is 3.90. The molecule has 3 rings (SSSR count). The number of hydrogen-bond acceptors (Lipinski definition) is 4. The first-order valence-electron chi connectivity index (χ1n) is 8.65. The van der Waals surface area contributed by atoms with Crippen molar-refractivity contribution < 1.29 is 17.9 Å². The lowest BCUT2D eigenvalue weighted by atomic mass is 10.1. The van der Waals surface area contributed by atoms with Crippen LogP contribution in [-0.4, -0.2) is 44.8 Å². The molecule has 1 aliphatic heterocycles. The quantitative estimate of drug-likeness (QED) is 0.836. The molecule has 2 aromatic carbocycles. The van der Waals surface area contributed by atoms with Crippen molar-refractivity contribution in [3.05, 3.63) is 59.1 Å². The minimum Gasteiger partial charge on any atom is -0.370 e. The predicted octanol–water partition coefficient (Wildman–Crippen LogP) is 3.74. The Morgan fingerprint density at radius 3 is 2.70 bits per heavy atom. The summed E-state index contributed by atoms with van der Waals surface area (Å²) in [5.74, 6) is 0.0106. The number of benzene rings is 2. The maximum atomic E-state index is 12.6. The highest BCUT2D eigenvalue weighted by molar-refractivity contribution is 7.91. The molecule has 0 aliphatic carbocycles. The number of anilines is 1. The van der Waals surface area contributed by atoms with Crippen molar-refractivity contribution in [1.82, 2.24) is 4.90 Å². The van der Waals surface area contributed by atoms with Crippen LogP contribution in [0.25, 0.3) is 0 Å². The summed E-state index contributed by atoms with van der Waals surface area (Å²) in [6.45, 7) is 2.87. The molecule has 0 spiro atoms. The van der Waals surface area contributed by atoms with Crippen LogP contribution >= 0.6 is 11.6 Å². The summed E-state index contributed by atoms with van der Waals surface area (Å²) in [4.78, 5) is 14.5. The zero-order valence-electron chi connectivity index (χ0n) is 14.9. The Labute approximate surface area is 164 Å². The average molecular weight is 409 g/mol. The molecule has 0 bridgehead atoms. The van der Waals surface area contributed by atoms with Gasteiger partial charge in [-0.05, 0) is 35.9 Å². The average Bonchev–Trinajstić information content (AvgIpc) is 2.69. The first-order chi connectivity index (χ1) is 12.9. The van der Waals surface area contributed by atoms with E-state index in [0.717, 1.165) is 5.56 Å². The van der Waals surface area contributed by atoms with Gasteiger partial charge in [-0.1, -0.05) is 36.7 Å². The second-order valence-corrected chi connectivity index (χ2v) is 8.93. The van der Waals surface area contributed by atoms with Crippen molar-refractivity contribution in [2.75, 3.05) is 30.8 Å². The van der Waals surface area contributed by atoms with Crippen molar-refractivity contribution in [2.45, 2.75) is 17.9 Å². The SMILES string of the molecule is CCS(=O)(=O)c1cccc(NC(=O)N2CCOC(c3ccc(Cl)cc3)C2)c1. The summed E-state index contributed by atoms with van der Waals surface area (Å²) in [6, 6.07) is 13.4. The fourth-order valence-electron chi connectivity index (χ4n) is 2.85. The standard InChI is InChI=1S/C19H21ClN2O4S/c1-2-27(24,25)17-5-3-4-16(12-17)21-19(23)22-10-11-26-18(13-22)14-6-8-15(20)9-7-14/h3-9,12,18H,2,10-11,13H2,1H3,(H,21,23). The second-order valence-electron chi connectivity index (χ2n) is 6.22. The fraction of sp³-hybridized carbons (Fsp3) is 0.316. The van der Waals surface area contributed by atoms with E-state index < -0.39 is 9.84 Å². The van der Waals surface area contributed by atoms with Gasteiger partial charge < -0.3 is 15.0 Å². The van der Waals surface area contributed by atoms with Gasteiger partial charge in [0, 0.05) is 17.3 Å². The number of morpholine rings is 1. The predicted molar refractivity (Wildman–Crippen MR) is 105 cm³/mol. The Morgan fingerprint density at radius 1 is 1.26 bits per heavy atom. The first-order valence-corrected chi connectivity index (χ1v) is 10.7. The third-order valence-corrected chi connectivity index (χ3v) is 6.40. The summed E-state index contributed by atoms with van der Waals surface area (Å²) >= 11 is 5.92. The number of nitrogens with one attached hydrogen (secondary N) is 1. The third kappa shape index (κ3) is 4.80. The number of ether oxygens (including phenoxy) is 1. The molecular formula is C19H21ClN2O4S. The molecule has 1 unspecified atom stereocenters. The molecule has 1 saturated heterocycles. The minimum atomic E-state index is -3.33. The lowest BCUT2D eigenvalue weighted by molar-refractivity contribution is -0.0135. The molecule has 0 aromatic heterocycles. The third-order valence-electron chi connectivity index (χ3n) is 4.42.